The van der Waals surface area contributed by atoms with Crippen molar-refractivity contribution >= 4 is 21.6 Å². The molecule has 2 atom stereocenters. The van der Waals surface area contributed by atoms with Gasteiger partial charge >= 0.3 is 0 Å². The van der Waals surface area contributed by atoms with Crippen molar-refractivity contribution in [3.8, 4) is 0 Å². The Morgan fingerprint density at radius 2 is 2.00 bits per heavy atom. The number of rotatable bonds is 7. The van der Waals surface area contributed by atoms with Gasteiger partial charge in [0.15, 0.2) is 11.8 Å². The minimum Gasteiger partial charge on any atom is -0.463 e. The molecular formula is C19H26N3O5S+. The molecule has 152 valence electrons. The Bertz CT molecular complexity index is 892. The Balaban J connectivity index is 1.67. The second-order valence-corrected chi connectivity index (χ2v) is 8.80. The number of benzene rings is 1. The van der Waals surface area contributed by atoms with E-state index < -0.39 is 10.0 Å². The van der Waals surface area contributed by atoms with E-state index in [4.69, 9.17) is 9.15 Å². The van der Waals surface area contributed by atoms with E-state index in [1.54, 1.807) is 18.4 Å². The standard InChI is InChI=1S/C19H25N3O5S/c1-15(21(2)14-17-6-4-10-27-17)19(23)20-16-5-3-7-18(13-16)28(24,25)22-8-11-26-12-9-22/h3-7,10,13,15H,8-9,11-12,14H2,1-2H3,(H,20,23)/p+1/t15-/m0/s1. The first-order valence-corrected chi connectivity index (χ1v) is 10.7. The summed E-state index contributed by atoms with van der Waals surface area (Å²) in [4.78, 5) is 13.7. The summed E-state index contributed by atoms with van der Waals surface area (Å²) in [5.41, 5.74) is 0.456. The number of amides is 1. The Morgan fingerprint density at radius 1 is 1.25 bits per heavy atom. The Hall–Kier alpha value is -2.20. The van der Waals surface area contributed by atoms with Gasteiger partial charge in [0.05, 0.1) is 31.4 Å². The molecule has 9 heteroatoms. The third-order valence-corrected chi connectivity index (χ3v) is 6.77. The number of carbonyl (C=O) groups excluding carboxylic acids is 1. The highest BCUT2D eigenvalue weighted by molar-refractivity contribution is 7.89. The molecule has 1 aromatic carbocycles. The number of nitrogens with one attached hydrogen (secondary N) is 2. The number of furan rings is 1. The number of anilines is 1. The van der Waals surface area contributed by atoms with E-state index in [0.29, 0.717) is 38.5 Å². The van der Waals surface area contributed by atoms with Gasteiger partial charge in [0.1, 0.15) is 6.54 Å². The smallest absolute Gasteiger partial charge is 0.282 e. The van der Waals surface area contributed by atoms with Crippen LogP contribution < -0.4 is 10.2 Å². The van der Waals surface area contributed by atoms with Crippen molar-refractivity contribution in [3.05, 3.63) is 48.4 Å². The van der Waals surface area contributed by atoms with Gasteiger partial charge in [-0.1, -0.05) is 6.07 Å². The van der Waals surface area contributed by atoms with Crippen LogP contribution in [0.4, 0.5) is 5.69 Å². The Labute approximate surface area is 165 Å². The van der Waals surface area contributed by atoms with E-state index in [0.717, 1.165) is 10.7 Å². The van der Waals surface area contributed by atoms with Crippen LogP contribution in [0, 0.1) is 0 Å². The van der Waals surface area contributed by atoms with E-state index in [-0.39, 0.29) is 16.8 Å². The summed E-state index contributed by atoms with van der Waals surface area (Å²) < 4.78 is 37.5. The first-order valence-electron chi connectivity index (χ1n) is 9.21. The number of quaternary nitrogens is 1. The maximum absolute atomic E-state index is 12.8. The third-order valence-electron chi connectivity index (χ3n) is 4.88. The Morgan fingerprint density at radius 3 is 2.68 bits per heavy atom. The van der Waals surface area contributed by atoms with Crippen LogP contribution in [0.5, 0.6) is 0 Å². The maximum Gasteiger partial charge on any atom is 0.282 e. The van der Waals surface area contributed by atoms with E-state index in [9.17, 15) is 13.2 Å². The molecule has 2 heterocycles. The van der Waals surface area contributed by atoms with Crippen LogP contribution in [-0.4, -0.2) is 58.0 Å². The molecule has 1 fully saturated rings. The first kappa shape index (κ1) is 20.5. The highest BCUT2D eigenvalue weighted by atomic mass is 32.2. The molecule has 2 aromatic rings. The number of nitrogens with zero attached hydrogens (tertiary/aromatic N) is 1. The van der Waals surface area contributed by atoms with Crippen LogP contribution in [0.25, 0.3) is 0 Å². The minimum atomic E-state index is -3.61. The summed E-state index contributed by atoms with van der Waals surface area (Å²) in [6.07, 6.45) is 1.60. The lowest BCUT2D eigenvalue weighted by Gasteiger charge is -2.26. The predicted octanol–water partition coefficient (Wildman–Crippen LogP) is 0.342. The number of hydrogen-bond donors (Lipinski definition) is 2. The zero-order valence-electron chi connectivity index (χ0n) is 16.1. The van der Waals surface area contributed by atoms with Crippen molar-refractivity contribution in [2.75, 3.05) is 38.7 Å². The number of ether oxygens (including phenoxy) is 1. The average Bonchev–Trinajstić information content (AvgIpc) is 3.21. The molecular weight excluding hydrogens is 382 g/mol. The highest BCUT2D eigenvalue weighted by Gasteiger charge is 2.27. The molecule has 0 bridgehead atoms. The Kier molecular flexibility index (Phi) is 6.50. The summed E-state index contributed by atoms with van der Waals surface area (Å²) in [6.45, 7) is 3.83. The quantitative estimate of drug-likeness (QED) is 0.689. The fraction of sp³-hybridized carbons (Fsp3) is 0.421. The van der Waals surface area contributed by atoms with Crippen molar-refractivity contribution in [2.45, 2.75) is 24.4 Å². The van der Waals surface area contributed by atoms with E-state index >= 15 is 0 Å². The third kappa shape index (κ3) is 4.79. The summed E-state index contributed by atoms with van der Waals surface area (Å²) in [7, 11) is -1.70. The van der Waals surface area contributed by atoms with Gasteiger partial charge in [0, 0.05) is 18.8 Å². The van der Waals surface area contributed by atoms with Crippen molar-refractivity contribution in [3.63, 3.8) is 0 Å². The largest absolute Gasteiger partial charge is 0.463 e. The van der Waals surface area contributed by atoms with Gasteiger partial charge in [-0.2, -0.15) is 4.31 Å². The SMILES string of the molecule is C[C@@H](C(=O)Nc1cccc(S(=O)(=O)N2CCOCC2)c1)[NH+](C)Cc1ccco1. The second-order valence-electron chi connectivity index (χ2n) is 6.86. The van der Waals surface area contributed by atoms with Crippen LogP contribution in [0.1, 0.15) is 12.7 Å². The fourth-order valence-electron chi connectivity index (χ4n) is 2.99. The number of carbonyl (C=O) groups is 1. The number of sulfonamides is 1. The normalized spacial score (nSPS) is 17.8. The van der Waals surface area contributed by atoms with Gasteiger partial charge in [0.25, 0.3) is 5.91 Å². The lowest BCUT2D eigenvalue weighted by atomic mass is 10.2. The van der Waals surface area contributed by atoms with Gasteiger partial charge in [-0.3, -0.25) is 4.79 Å². The molecule has 0 saturated carbocycles. The molecule has 1 unspecified atom stereocenters. The van der Waals surface area contributed by atoms with Crippen LogP contribution in [0.15, 0.2) is 52.0 Å². The second kappa shape index (κ2) is 8.87. The van der Waals surface area contributed by atoms with Crippen LogP contribution in [0.3, 0.4) is 0 Å². The molecule has 3 rings (SSSR count). The summed E-state index contributed by atoms with van der Waals surface area (Å²) >= 11 is 0. The zero-order valence-corrected chi connectivity index (χ0v) is 16.9. The number of morpholine rings is 1. The molecule has 1 saturated heterocycles. The first-order chi connectivity index (χ1) is 13.4. The zero-order chi connectivity index (χ0) is 20.1. The molecule has 0 spiro atoms. The van der Waals surface area contributed by atoms with Crippen molar-refractivity contribution < 1.29 is 27.3 Å². The molecule has 1 aromatic heterocycles. The van der Waals surface area contributed by atoms with Gasteiger partial charge in [-0.15, -0.1) is 0 Å². The van der Waals surface area contributed by atoms with Crippen LogP contribution in [0.2, 0.25) is 0 Å². The molecule has 28 heavy (non-hydrogen) atoms. The minimum absolute atomic E-state index is 0.163. The topological polar surface area (TPSA) is 93.3 Å². The highest BCUT2D eigenvalue weighted by Crippen LogP contribution is 2.20. The molecule has 1 aliphatic rings. The average molecular weight is 409 g/mol. The predicted molar refractivity (Wildman–Crippen MR) is 103 cm³/mol. The van der Waals surface area contributed by atoms with Gasteiger partial charge in [0.2, 0.25) is 10.0 Å². The van der Waals surface area contributed by atoms with E-state index in [2.05, 4.69) is 5.32 Å². The monoisotopic (exact) mass is 408 g/mol. The van der Waals surface area contributed by atoms with Gasteiger partial charge in [-0.05, 0) is 37.3 Å². The van der Waals surface area contributed by atoms with Gasteiger partial charge in [-0.25, -0.2) is 8.42 Å². The molecule has 0 aliphatic carbocycles. The number of likely N-dealkylation sites (N-methyl/N-ethyl adjacent to an activating group) is 1. The molecule has 8 nitrogen and oxygen atoms in total. The van der Waals surface area contributed by atoms with E-state index in [1.165, 1.54) is 16.4 Å². The fourth-order valence-corrected chi connectivity index (χ4v) is 4.44. The van der Waals surface area contributed by atoms with Crippen molar-refractivity contribution in [2.24, 2.45) is 0 Å². The molecule has 1 aliphatic heterocycles. The molecule has 1 amide bonds. The van der Waals surface area contributed by atoms with Crippen molar-refractivity contribution in [1.82, 2.24) is 4.31 Å². The lowest BCUT2D eigenvalue weighted by molar-refractivity contribution is -0.908. The summed E-state index contributed by atoms with van der Waals surface area (Å²) in [5.74, 6) is 0.612. The molecule has 2 N–H and O–H groups in total. The maximum atomic E-state index is 12.8. The van der Waals surface area contributed by atoms with Gasteiger partial charge < -0.3 is 19.4 Å². The van der Waals surface area contributed by atoms with Crippen LogP contribution >= 0.6 is 0 Å². The summed E-state index contributed by atoms with van der Waals surface area (Å²) in [6, 6.07) is 9.69. The summed E-state index contributed by atoms with van der Waals surface area (Å²) in [5, 5.41) is 2.82. The molecule has 0 radical (unpaired) electrons. The van der Waals surface area contributed by atoms with Crippen molar-refractivity contribution in [1.29, 1.82) is 0 Å². The lowest BCUT2D eigenvalue weighted by Crippen LogP contribution is -3.12. The van der Waals surface area contributed by atoms with E-state index in [1.807, 2.05) is 26.1 Å². The number of hydrogen-bond acceptors (Lipinski definition) is 5. The van der Waals surface area contributed by atoms with Crippen LogP contribution in [-0.2, 0) is 26.1 Å².